The fraction of sp³-hybridized carbons (Fsp3) is 0.500. The molecule has 2 atom stereocenters. The van der Waals surface area contributed by atoms with Crippen molar-refractivity contribution < 1.29 is 9.90 Å². The number of aryl methyl sites for hydroxylation is 1. The van der Waals surface area contributed by atoms with E-state index in [0.717, 1.165) is 0 Å². The number of carboxylic acids is 1. The van der Waals surface area contributed by atoms with Crippen molar-refractivity contribution in [3.05, 3.63) is 18.1 Å². The Bertz CT molecular complexity index is 354. The highest BCUT2D eigenvalue weighted by Crippen LogP contribution is 2.10. The van der Waals surface area contributed by atoms with E-state index >= 15 is 0 Å². The SMILES string of the molecule is Cc1nccc(NC(C)C(C)C(=O)O)n1. The van der Waals surface area contributed by atoms with Gasteiger partial charge in [-0.15, -0.1) is 0 Å². The van der Waals surface area contributed by atoms with Crippen LogP contribution < -0.4 is 5.32 Å². The van der Waals surface area contributed by atoms with Gasteiger partial charge in [-0.05, 0) is 26.8 Å². The number of hydrogen-bond donors (Lipinski definition) is 2. The average molecular weight is 209 g/mol. The van der Waals surface area contributed by atoms with Gasteiger partial charge in [0.25, 0.3) is 0 Å². The first-order chi connectivity index (χ1) is 7.00. The average Bonchev–Trinajstić information content (AvgIpc) is 2.16. The minimum atomic E-state index is -0.819. The first-order valence-electron chi connectivity index (χ1n) is 4.79. The van der Waals surface area contributed by atoms with Crippen LogP contribution in [0.15, 0.2) is 12.3 Å². The first-order valence-corrected chi connectivity index (χ1v) is 4.79. The third-order valence-corrected chi connectivity index (χ3v) is 2.29. The Kier molecular flexibility index (Phi) is 3.60. The van der Waals surface area contributed by atoms with Gasteiger partial charge < -0.3 is 10.4 Å². The third-order valence-electron chi connectivity index (χ3n) is 2.29. The van der Waals surface area contributed by atoms with E-state index in [1.54, 1.807) is 26.1 Å². The van der Waals surface area contributed by atoms with E-state index in [1.807, 2.05) is 6.92 Å². The van der Waals surface area contributed by atoms with Gasteiger partial charge in [0.2, 0.25) is 0 Å². The van der Waals surface area contributed by atoms with Gasteiger partial charge in [-0.2, -0.15) is 0 Å². The highest BCUT2D eigenvalue weighted by Gasteiger charge is 2.19. The van der Waals surface area contributed by atoms with Crippen molar-refractivity contribution in [2.45, 2.75) is 26.8 Å². The van der Waals surface area contributed by atoms with Gasteiger partial charge >= 0.3 is 5.97 Å². The largest absolute Gasteiger partial charge is 0.481 e. The lowest BCUT2D eigenvalue weighted by Crippen LogP contribution is -2.30. The topological polar surface area (TPSA) is 75.1 Å². The van der Waals surface area contributed by atoms with Crippen LogP contribution in [0.25, 0.3) is 0 Å². The van der Waals surface area contributed by atoms with Crippen molar-refractivity contribution in [3.8, 4) is 0 Å². The lowest BCUT2D eigenvalue weighted by molar-refractivity contribution is -0.141. The highest BCUT2D eigenvalue weighted by atomic mass is 16.4. The molecule has 0 radical (unpaired) electrons. The van der Waals surface area contributed by atoms with Crippen LogP contribution in [0.5, 0.6) is 0 Å². The second-order valence-electron chi connectivity index (χ2n) is 3.55. The van der Waals surface area contributed by atoms with Crippen LogP contribution >= 0.6 is 0 Å². The Balaban J connectivity index is 2.66. The van der Waals surface area contributed by atoms with Crippen molar-refractivity contribution in [2.24, 2.45) is 5.92 Å². The molecule has 0 aliphatic rings. The molecule has 15 heavy (non-hydrogen) atoms. The molecule has 0 amide bonds. The van der Waals surface area contributed by atoms with E-state index < -0.39 is 11.9 Å². The van der Waals surface area contributed by atoms with Crippen molar-refractivity contribution >= 4 is 11.8 Å². The van der Waals surface area contributed by atoms with Crippen LogP contribution in [0, 0.1) is 12.8 Å². The van der Waals surface area contributed by atoms with Crippen molar-refractivity contribution in [3.63, 3.8) is 0 Å². The number of carboxylic acid groups (broad SMARTS) is 1. The molecule has 1 aromatic rings. The molecular weight excluding hydrogens is 194 g/mol. The summed E-state index contributed by atoms with van der Waals surface area (Å²) in [6.07, 6.45) is 1.64. The number of carbonyl (C=O) groups is 1. The Labute approximate surface area is 88.6 Å². The Morgan fingerprint density at radius 1 is 1.53 bits per heavy atom. The van der Waals surface area contributed by atoms with Crippen LogP contribution in [0.4, 0.5) is 5.82 Å². The molecule has 2 N–H and O–H groups in total. The van der Waals surface area contributed by atoms with Crippen molar-refractivity contribution in [1.82, 2.24) is 9.97 Å². The van der Waals surface area contributed by atoms with Gasteiger partial charge in [-0.1, -0.05) is 0 Å². The zero-order valence-electron chi connectivity index (χ0n) is 9.06. The molecule has 0 bridgehead atoms. The molecule has 1 aromatic heterocycles. The van der Waals surface area contributed by atoms with Crippen LogP contribution in [0.1, 0.15) is 19.7 Å². The van der Waals surface area contributed by atoms with Crippen LogP contribution in [0.2, 0.25) is 0 Å². The number of nitrogens with zero attached hydrogens (tertiary/aromatic N) is 2. The van der Waals surface area contributed by atoms with E-state index in [9.17, 15) is 4.79 Å². The van der Waals surface area contributed by atoms with Gasteiger partial charge in [-0.3, -0.25) is 4.79 Å². The molecule has 1 heterocycles. The molecule has 0 aromatic carbocycles. The third kappa shape index (κ3) is 3.19. The van der Waals surface area contributed by atoms with E-state index in [1.165, 1.54) is 0 Å². The number of aliphatic carboxylic acids is 1. The summed E-state index contributed by atoms with van der Waals surface area (Å²) in [5, 5.41) is 11.8. The summed E-state index contributed by atoms with van der Waals surface area (Å²) < 4.78 is 0. The predicted octanol–water partition coefficient (Wildman–Crippen LogP) is 1.31. The molecule has 0 fully saturated rings. The van der Waals surface area contributed by atoms with Gasteiger partial charge in [0.05, 0.1) is 5.92 Å². The Hall–Kier alpha value is -1.65. The summed E-state index contributed by atoms with van der Waals surface area (Å²) in [6, 6.07) is 1.55. The number of hydrogen-bond acceptors (Lipinski definition) is 4. The summed E-state index contributed by atoms with van der Waals surface area (Å²) in [5.74, 6) is 0.0410. The Morgan fingerprint density at radius 3 is 2.73 bits per heavy atom. The highest BCUT2D eigenvalue weighted by molar-refractivity contribution is 5.70. The maximum absolute atomic E-state index is 10.7. The summed E-state index contributed by atoms with van der Waals surface area (Å²) >= 11 is 0. The zero-order chi connectivity index (χ0) is 11.4. The molecule has 5 nitrogen and oxygen atoms in total. The predicted molar refractivity (Wildman–Crippen MR) is 56.7 cm³/mol. The lowest BCUT2D eigenvalue weighted by atomic mass is 10.0. The van der Waals surface area contributed by atoms with Gasteiger partial charge in [-0.25, -0.2) is 9.97 Å². The van der Waals surface area contributed by atoms with E-state index in [2.05, 4.69) is 15.3 Å². The number of rotatable bonds is 4. The molecule has 82 valence electrons. The minimum absolute atomic E-state index is 0.170. The monoisotopic (exact) mass is 209 g/mol. The first kappa shape index (κ1) is 11.4. The second-order valence-corrected chi connectivity index (χ2v) is 3.55. The van der Waals surface area contributed by atoms with Crippen LogP contribution in [0.3, 0.4) is 0 Å². The molecule has 0 saturated carbocycles. The zero-order valence-corrected chi connectivity index (χ0v) is 9.06. The summed E-state index contributed by atoms with van der Waals surface area (Å²) in [7, 11) is 0. The smallest absolute Gasteiger partial charge is 0.308 e. The van der Waals surface area contributed by atoms with Crippen LogP contribution in [-0.4, -0.2) is 27.1 Å². The summed E-state index contributed by atoms with van der Waals surface area (Å²) in [4.78, 5) is 18.8. The number of anilines is 1. The van der Waals surface area contributed by atoms with E-state index in [0.29, 0.717) is 11.6 Å². The fourth-order valence-corrected chi connectivity index (χ4v) is 1.11. The molecular formula is C10H15N3O2. The van der Waals surface area contributed by atoms with Gasteiger partial charge in [0, 0.05) is 12.2 Å². The van der Waals surface area contributed by atoms with E-state index in [-0.39, 0.29) is 6.04 Å². The molecule has 0 saturated heterocycles. The molecule has 0 aliphatic heterocycles. The maximum atomic E-state index is 10.7. The molecule has 5 heteroatoms. The fourth-order valence-electron chi connectivity index (χ4n) is 1.11. The standard InChI is InChI=1S/C10H15N3O2/c1-6(10(14)15)7(2)12-9-4-5-11-8(3)13-9/h4-7H,1-3H3,(H,14,15)(H,11,12,13). The number of nitrogens with one attached hydrogen (secondary N) is 1. The normalized spacial score (nSPS) is 14.3. The maximum Gasteiger partial charge on any atom is 0.308 e. The van der Waals surface area contributed by atoms with E-state index in [4.69, 9.17) is 5.11 Å². The van der Waals surface area contributed by atoms with Gasteiger partial charge in [0.15, 0.2) is 0 Å². The molecule has 0 aliphatic carbocycles. The Morgan fingerprint density at radius 2 is 2.20 bits per heavy atom. The van der Waals surface area contributed by atoms with Crippen LogP contribution in [-0.2, 0) is 4.79 Å². The van der Waals surface area contributed by atoms with Gasteiger partial charge in [0.1, 0.15) is 11.6 Å². The summed E-state index contributed by atoms with van der Waals surface area (Å²) in [6.45, 7) is 5.26. The van der Waals surface area contributed by atoms with Crippen molar-refractivity contribution in [2.75, 3.05) is 5.32 Å². The second kappa shape index (κ2) is 4.72. The summed E-state index contributed by atoms with van der Waals surface area (Å²) in [5.41, 5.74) is 0. The molecule has 1 rings (SSSR count). The quantitative estimate of drug-likeness (QED) is 0.781. The molecule has 2 unspecified atom stereocenters. The minimum Gasteiger partial charge on any atom is -0.481 e. The number of aromatic nitrogens is 2. The van der Waals surface area contributed by atoms with Crippen molar-refractivity contribution in [1.29, 1.82) is 0 Å². The molecule has 0 spiro atoms. The lowest BCUT2D eigenvalue weighted by Gasteiger charge is -2.18.